The fraction of sp³-hybridized carbons (Fsp3) is 0.394. The maximum Gasteiger partial charge on any atom is 0.255 e. The number of nitrogens with one attached hydrogen (secondary N) is 1. The first kappa shape index (κ1) is 28.2. The summed E-state index contributed by atoms with van der Waals surface area (Å²) in [5.74, 6) is 1.04. The van der Waals surface area contributed by atoms with E-state index in [1.165, 1.54) is 19.3 Å². The number of anilines is 1. The number of benzene rings is 3. The lowest BCUT2D eigenvalue weighted by atomic mass is 9.80. The van der Waals surface area contributed by atoms with E-state index in [4.69, 9.17) is 14.7 Å². The average molecular weight is 526 g/mol. The molecule has 39 heavy (non-hydrogen) atoms. The van der Waals surface area contributed by atoms with Gasteiger partial charge in [0.2, 0.25) is 0 Å². The topological polar surface area (TPSA) is 74.6 Å². The summed E-state index contributed by atoms with van der Waals surface area (Å²) >= 11 is 0. The van der Waals surface area contributed by atoms with E-state index in [9.17, 15) is 4.79 Å². The van der Waals surface area contributed by atoms with Crippen molar-refractivity contribution in [3.05, 3.63) is 77.9 Å². The lowest BCUT2D eigenvalue weighted by Gasteiger charge is -2.53. The van der Waals surface area contributed by atoms with Crippen LogP contribution in [0.1, 0.15) is 62.9 Å². The van der Waals surface area contributed by atoms with Crippen molar-refractivity contribution >= 4 is 11.6 Å². The standard InChI is InChI=1S/C33H39N3O3/c1-32(2)17-7-18-33(3,4)36(32)20-21-39-30-23-28(14-15-29(30)38-5)35-31(37)26-12-10-25(11-13-26)27-9-6-8-24(22-27)16-19-34/h6,8-15,22-23H,7,16-18,20-21H2,1-5H3,(H,35,37). The van der Waals surface area contributed by atoms with Crippen LogP contribution in [0.3, 0.4) is 0 Å². The summed E-state index contributed by atoms with van der Waals surface area (Å²) in [7, 11) is 1.62. The summed E-state index contributed by atoms with van der Waals surface area (Å²) in [6.07, 6.45) is 3.97. The molecule has 1 aliphatic rings. The molecule has 0 aromatic heterocycles. The first-order valence-corrected chi connectivity index (χ1v) is 13.6. The second-order valence-corrected chi connectivity index (χ2v) is 11.4. The van der Waals surface area contributed by atoms with E-state index in [0.29, 0.717) is 35.8 Å². The molecule has 0 radical (unpaired) electrons. The van der Waals surface area contributed by atoms with Crippen molar-refractivity contribution in [2.24, 2.45) is 0 Å². The molecule has 0 aliphatic carbocycles. The van der Waals surface area contributed by atoms with Gasteiger partial charge in [-0.2, -0.15) is 5.26 Å². The summed E-state index contributed by atoms with van der Waals surface area (Å²) in [6, 6.07) is 23.0. The number of likely N-dealkylation sites (tertiary alicyclic amines) is 1. The molecule has 0 atom stereocenters. The number of hydrogen-bond acceptors (Lipinski definition) is 5. The largest absolute Gasteiger partial charge is 0.493 e. The molecule has 0 bridgehead atoms. The maximum absolute atomic E-state index is 13.0. The maximum atomic E-state index is 13.0. The summed E-state index contributed by atoms with van der Waals surface area (Å²) in [4.78, 5) is 15.6. The number of methoxy groups -OCH3 is 1. The highest BCUT2D eigenvalue weighted by Gasteiger charge is 2.40. The average Bonchev–Trinajstić information content (AvgIpc) is 2.90. The van der Waals surface area contributed by atoms with Crippen molar-refractivity contribution in [3.63, 3.8) is 0 Å². The molecule has 1 aliphatic heterocycles. The van der Waals surface area contributed by atoms with Crippen molar-refractivity contribution in [1.82, 2.24) is 4.90 Å². The number of hydrogen-bond donors (Lipinski definition) is 1. The van der Waals surface area contributed by atoms with Crippen LogP contribution in [0.15, 0.2) is 66.7 Å². The van der Waals surface area contributed by atoms with E-state index in [1.807, 2.05) is 66.7 Å². The number of piperidine rings is 1. The molecule has 1 amide bonds. The third kappa shape index (κ3) is 6.79. The molecule has 3 aromatic rings. The molecule has 6 heteroatoms. The smallest absolute Gasteiger partial charge is 0.255 e. The Morgan fingerprint density at radius 2 is 1.67 bits per heavy atom. The van der Waals surface area contributed by atoms with E-state index >= 15 is 0 Å². The monoisotopic (exact) mass is 525 g/mol. The Morgan fingerprint density at radius 1 is 0.949 bits per heavy atom. The fourth-order valence-electron chi connectivity index (χ4n) is 5.73. The first-order chi connectivity index (χ1) is 18.6. The number of amides is 1. The van der Waals surface area contributed by atoms with Gasteiger partial charge in [-0.15, -0.1) is 0 Å². The molecule has 204 valence electrons. The van der Waals surface area contributed by atoms with Crippen LogP contribution < -0.4 is 14.8 Å². The van der Waals surface area contributed by atoms with Crippen LogP contribution in [0, 0.1) is 11.3 Å². The minimum absolute atomic E-state index is 0.125. The summed E-state index contributed by atoms with van der Waals surface area (Å²) in [6.45, 7) is 10.6. The summed E-state index contributed by atoms with van der Waals surface area (Å²) in [5, 5.41) is 11.9. The number of nitriles is 1. The molecule has 4 rings (SSSR count). The number of carbonyl (C=O) groups is 1. The highest BCUT2D eigenvalue weighted by atomic mass is 16.5. The Bertz CT molecular complexity index is 1320. The first-order valence-electron chi connectivity index (χ1n) is 13.6. The van der Waals surface area contributed by atoms with Crippen molar-refractivity contribution in [3.8, 4) is 28.7 Å². The third-order valence-corrected chi connectivity index (χ3v) is 7.72. The van der Waals surface area contributed by atoms with Crippen LogP contribution in [0.2, 0.25) is 0 Å². The van der Waals surface area contributed by atoms with E-state index in [2.05, 4.69) is 44.0 Å². The minimum atomic E-state index is -0.201. The highest BCUT2D eigenvalue weighted by molar-refractivity contribution is 6.04. The predicted octanol–water partition coefficient (Wildman–Crippen LogP) is 7.10. The molecular weight excluding hydrogens is 486 g/mol. The number of nitrogens with zero attached hydrogens (tertiary/aromatic N) is 2. The molecule has 3 aromatic carbocycles. The SMILES string of the molecule is COc1ccc(NC(=O)c2ccc(-c3cccc(CC#N)c3)cc2)cc1OCCN1C(C)(C)CCCC1(C)C. The van der Waals surface area contributed by atoms with E-state index in [-0.39, 0.29) is 17.0 Å². The predicted molar refractivity (Wildman–Crippen MR) is 156 cm³/mol. The second-order valence-electron chi connectivity index (χ2n) is 11.4. The van der Waals surface area contributed by atoms with Crippen molar-refractivity contribution in [1.29, 1.82) is 5.26 Å². The van der Waals surface area contributed by atoms with Crippen molar-refractivity contribution < 1.29 is 14.3 Å². The van der Waals surface area contributed by atoms with Gasteiger partial charge < -0.3 is 14.8 Å². The van der Waals surface area contributed by atoms with Gasteiger partial charge in [-0.3, -0.25) is 9.69 Å². The summed E-state index contributed by atoms with van der Waals surface area (Å²) < 4.78 is 11.7. The molecule has 0 unspecified atom stereocenters. The zero-order valence-corrected chi connectivity index (χ0v) is 23.7. The van der Waals surface area contributed by atoms with Crippen LogP contribution in [0.25, 0.3) is 11.1 Å². The Labute approximate surface area is 232 Å². The Kier molecular flexibility index (Phi) is 8.62. The van der Waals surface area contributed by atoms with Gasteiger partial charge in [-0.05, 0) is 87.9 Å². The van der Waals surface area contributed by atoms with Gasteiger partial charge in [0.1, 0.15) is 6.61 Å². The van der Waals surface area contributed by atoms with Crippen LogP contribution >= 0.6 is 0 Å². The quantitative estimate of drug-likeness (QED) is 0.322. The normalized spacial score (nSPS) is 16.2. The van der Waals surface area contributed by atoms with Gasteiger partial charge in [0, 0.05) is 34.9 Å². The van der Waals surface area contributed by atoms with E-state index in [0.717, 1.165) is 23.2 Å². The number of ether oxygens (including phenoxy) is 2. The molecule has 6 nitrogen and oxygen atoms in total. The molecular formula is C33H39N3O3. The van der Waals surface area contributed by atoms with E-state index < -0.39 is 0 Å². The van der Waals surface area contributed by atoms with Gasteiger partial charge >= 0.3 is 0 Å². The van der Waals surface area contributed by atoms with Crippen LogP contribution in [-0.2, 0) is 6.42 Å². The molecule has 1 N–H and O–H groups in total. The highest BCUT2D eigenvalue weighted by Crippen LogP contribution is 2.38. The van der Waals surface area contributed by atoms with Crippen LogP contribution in [-0.4, -0.2) is 42.1 Å². The van der Waals surface area contributed by atoms with Crippen LogP contribution in [0.4, 0.5) is 5.69 Å². The zero-order valence-electron chi connectivity index (χ0n) is 23.7. The minimum Gasteiger partial charge on any atom is -0.493 e. The van der Waals surface area contributed by atoms with Gasteiger partial charge in [0.05, 0.1) is 19.6 Å². The van der Waals surface area contributed by atoms with Gasteiger partial charge in [0.15, 0.2) is 11.5 Å². The van der Waals surface area contributed by atoms with Crippen molar-refractivity contribution in [2.45, 2.75) is 64.5 Å². The number of carbonyl (C=O) groups excluding carboxylic acids is 1. The molecule has 1 saturated heterocycles. The Morgan fingerprint density at radius 3 is 2.33 bits per heavy atom. The molecule has 1 heterocycles. The molecule has 0 spiro atoms. The lowest BCUT2D eigenvalue weighted by Crippen LogP contribution is -2.59. The third-order valence-electron chi connectivity index (χ3n) is 7.72. The second kappa shape index (κ2) is 11.9. The zero-order chi connectivity index (χ0) is 28.0. The molecule has 0 saturated carbocycles. The Balaban J connectivity index is 1.42. The van der Waals surface area contributed by atoms with Gasteiger partial charge in [0.25, 0.3) is 5.91 Å². The van der Waals surface area contributed by atoms with Crippen LogP contribution in [0.5, 0.6) is 11.5 Å². The van der Waals surface area contributed by atoms with Gasteiger partial charge in [-0.1, -0.05) is 36.4 Å². The molecule has 1 fully saturated rings. The lowest BCUT2D eigenvalue weighted by molar-refractivity contribution is -0.0341. The summed E-state index contributed by atoms with van der Waals surface area (Å²) in [5.41, 5.74) is 4.43. The van der Waals surface area contributed by atoms with E-state index in [1.54, 1.807) is 7.11 Å². The number of rotatable bonds is 9. The van der Waals surface area contributed by atoms with Crippen molar-refractivity contribution in [2.75, 3.05) is 25.6 Å². The van der Waals surface area contributed by atoms with Gasteiger partial charge in [-0.25, -0.2) is 0 Å². The fourth-order valence-corrected chi connectivity index (χ4v) is 5.73. The Hall–Kier alpha value is -3.82.